The predicted molar refractivity (Wildman–Crippen MR) is 68.5 cm³/mol. The number of nitrogens with zero attached hydrogens (tertiary/aromatic N) is 1. The summed E-state index contributed by atoms with van der Waals surface area (Å²) in [6.45, 7) is 5.67. The maximum Gasteiger partial charge on any atom is 0.227 e. The number of likely N-dealkylation sites (tertiary alicyclic amines) is 1. The first-order valence-corrected chi connectivity index (χ1v) is 6.93. The molecule has 0 aromatic carbocycles. The molecule has 0 bridgehead atoms. The molecule has 2 aliphatic heterocycles. The monoisotopic (exact) mass is 239 g/mol. The van der Waals surface area contributed by atoms with Gasteiger partial charge in [-0.1, -0.05) is 6.92 Å². The summed E-state index contributed by atoms with van der Waals surface area (Å²) in [6.07, 6.45) is 4.36. The summed E-state index contributed by atoms with van der Waals surface area (Å²) >= 11 is 0. The van der Waals surface area contributed by atoms with Crippen molar-refractivity contribution in [2.75, 3.05) is 26.2 Å². The van der Waals surface area contributed by atoms with Gasteiger partial charge in [0.05, 0.1) is 5.92 Å². The van der Waals surface area contributed by atoms with E-state index in [0.717, 1.165) is 45.3 Å². The topological polar surface area (TPSA) is 58.4 Å². The van der Waals surface area contributed by atoms with Crippen LogP contribution in [0.4, 0.5) is 0 Å². The van der Waals surface area contributed by atoms with E-state index in [4.69, 9.17) is 5.73 Å². The molecular weight excluding hydrogens is 214 g/mol. The van der Waals surface area contributed by atoms with Crippen LogP contribution in [0.3, 0.4) is 0 Å². The fraction of sp³-hybridized carbons (Fsp3) is 0.923. The summed E-state index contributed by atoms with van der Waals surface area (Å²) in [5.41, 5.74) is 5.81. The molecule has 2 rings (SSSR count). The number of hydrogen-bond donors (Lipinski definition) is 2. The number of carbonyl (C=O) groups is 1. The van der Waals surface area contributed by atoms with Crippen molar-refractivity contribution in [3.63, 3.8) is 0 Å². The molecule has 98 valence electrons. The van der Waals surface area contributed by atoms with Crippen LogP contribution in [-0.4, -0.2) is 43.0 Å². The summed E-state index contributed by atoms with van der Waals surface area (Å²) in [4.78, 5) is 14.5. The van der Waals surface area contributed by atoms with E-state index < -0.39 is 0 Å². The van der Waals surface area contributed by atoms with Crippen LogP contribution in [-0.2, 0) is 4.79 Å². The number of hydrogen-bond acceptors (Lipinski definition) is 3. The third kappa shape index (κ3) is 2.99. The largest absolute Gasteiger partial charge is 0.338 e. The minimum atomic E-state index is 0.186. The normalized spacial score (nSPS) is 34.7. The van der Waals surface area contributed by atoms with Crippen molar-refractivity contribution in [2.24, 2.45) is 17.6 Å². The van der Waals surface area contributed by atoms with Gasteiger partial charge in [0.15, 0.2) is 0 Å². The van der Waals surface area contributed by atoms with Crippen molar-refractivity contribution < 1.29 is 4.79 Å². The van der Waals surface area contributed by atoms with Gasteiger partial charge in [0, 0.05) is 25.7 Å². The van der Waals surface area contributed by atoms with E-state index in [1.807, 2.05) is 0 Å². The number of nitrogens with two attached hydrogens (primary N) is 1. The van der Waals surface area contributed by atoms with Crippen molar-refractivity contribution in [1.82, 2.24) is 10.2 Å². The first kappa shape index (κ1) is 12.8. The van der Waals surface area contributed by atoms with Gasteiger partial charge in [0.25, 0.3) is 0 Å². The third-order valence-electron chi connectivity index (χ3n) is 4.18. The Bertz CT molecular complexity index is 263. The van der Waals surface area contributed by atoms with Crippen LogP contribution < -0.4 is 11.1 Å². The van der Waals surface area contributed by atoms with Crippen LogP contribution in [0.15, 0.2) is 0 Å². The lowest BCUT2D eigenvalue weighted by Crippen LogP contribution is -2.53. The number of nitrogens with one attached hydrogen (secondary N) is 1. The molecule has 3 N–H and O–H groups in total. The summed E-state index contributed by atoms with van der Waals surface area (Å²) in [7, 11) is 0. The minimum absolute atomic E-state index is 0.186. The molecule has 2 fully saturated rings. The minimum Gasteiger partial charge on any atom is -0.338 e. The molecular formula is C13H25N3O. The summed E-state index contributed by atoms with van der Waals surface area (Å²) in [5.74, 6) is 1.22. The zero-order chi connectivity index (χ0) is 12.3. The Morgan fingerprint density at radius 3 is 2.94 bits per heavy atom. The predicted octanol–water partition coefficient (Wildman–Crippen LogP) is 0.572. The molecule has 0 radical (unpaired) electrons. The molecule has 1 amide bonds. The van der Waals surface area contributed by atoms with Crippen molar-refractivity contribution in [3.05, 3.63) is 0 Å². The fourth-order valence-corrected chi connectivity index (χ4v) is 3.06. The summed E-state index contributed by atoms with van der Waals surface area (Å²) in [5, 5.41) is 3.32. The molecule has 2 saturated heterocycles. The van der Waals surface area contributed by atoms with Gasteiger partial charge in [-0.05, 0) is 38.1 Å². The third-order valence-corrected chi connectivity index (χ3v) is 4.18. The lowest BCUT2D eigenvalue weighted by Gasteiger charge is -2.40. The average molecular weight is 239 g/mol. The van der Waals surface area contributed by atoms with Crippen molar-refractivity contribution in [3.8, 4) is 0 Å². The SMILES string of the molecule is CC1CCN(C(=O)C2CCCNC2)C(CN)C1. The van der Waals surface area contributed by atoms with Crippen LogP contribution in [0, 0.1) is 11.8 Å². The van der Waals surface area contributed by atoms with E-state index in [-0.39, 0.29) is 12.0 Å². The van der Waals surface area contributed by atoms with Gasteiger partial charge >= 0.3 is 0 Å². The van der Waals surface area contributed by atoms with Crippen molar-refractivity contribution >= 4 is 5.91 Å². The molecule has 0 aromatic rings. The Kier molecular flexibility index (Phi) is 4.40. The highest BCUT2D eigenvalue weighted by atomic mass is 16.2. The second kappa shape index (κ2) is 5.83. The highest BCUT2D eigenvalue weighted by Crippen LogP contribution is 2.25. The molecule has 0 aromatic heterocycles. The second-order valence-corrected chi connectivity index (χ2v) is 5.59. The van der Waals surface area contributed by atoms with Crippen LogP contribution in [0.2, 0.25) is 0 Å². The van der Waals surface area contributed by atoms with E-state index in [2.05, 4.69) is 17.1 Å². The Morgan fingerprint density at radius 2 is 2.29 bits per heavy atom. The molecule has 2 heterocycles. The molecule has 4 nitrogen and oxygen atoms in total. The van der Waals surface area contributed by atoms with Crippen LogP contribution in [0.1, 0.15) is 32.6 Å². The van der Waals surface area contributed by atoms with Gasteiger partial charge < -0.3 is 16.0 Å². The lowest BCUT2D eigenvalue weighted by molar-refractivity contribution is -0.140. The Hall–Kier alpha value is -0.610. The molecule has 17 heavy (non-hydrogen) atoms. The molecule has 0 aliphatic carbocycles. The first-order valence-electron chi connectivity index (χ1n) is 6.93. The molecule has 4 heteroatoms. The second-order valence-electron chi connectivity index (χ2n) is 5.59. The summed E-state index contributed by atoms with van der Waals surface area (Å²) < 4.78 is 0. The summed E-state index contributed by atoms with van der Waals surface area (Å²) in [6, 6.07) is 0.271. The van der Waals surface area contributed by atoms with E-state index in [9.17, 15) is 4.79 Å². The molecule has 0 saturated carbocycles. The van der Waals surface area contributed by atoms with Gasteiger partial charge in [-0.2, -0.15) is 0 Å². The van der Waals surface area contributed by atoms with Crippen LogP contribution in [0.5, 0.6) is 0 Å². The highest BCUT2D eigenvalue weighted by molar-refractivity contribution is 5.79. The van der Waals surface area contributed by atoms with Crippen molar-refractivity contribution in [2.45, 2.75) is 38.6 Å². The van der Waals surface area contributed by atoms with Crippen LogP contribution in [0.25, 0.3) is 0 Å². The number of rotatable bonds is 2. The van der Waals surface area contributed by atoms with Gasteiger partial charge in [0.2, 0.25) is 5.91 Å². The van der Waals surface area contributed by atoms with Gasteiger partial charge in [-0.3, -0.25) is 4.79 Å². The van der Waals surface area contributed by atoms with Gasteiger partial charge in [0.1, 0.15) is 0 Å². The molecule has 3 unspecified atom stereocenters. The smallest absolute Gasteiger partial charge is 0.227 e. The fourth-order valence-electron chi connectivity index (χ4n) is 3.06. The maximum atomic E-state index is 12.5. The van der Waals surface area contributed by atoms with E-state index in [1.54, 1.807) is 0 Å². The number of amides is 1. The quantitative estimate of drug-likeness (QED) is 0.741. The average Bonchev–Trinajstić information content (AvgIpc) is 2.39. The molecule has 0 spiro atoms. The number of carbonyl (C=O) groups excluding carboxylic acids is 1. The highest BCUT2D eigenvalue weighted by Gasteiger charge is 2.33. The van der Waals surface area contributed by atoms with E-state index in [0.29, 0.717) is 18.4 Å². The van der Waals surface area contributed by atoms with Gasteiger partial charge in [-0.25, -0.2) is 0 Å². The molecule has 3 atom stereocenters. The van der Waals surface area contributed by atoms with E-state index in [1.165, 1.54) is 0 Å². The first-order chi connectivity index (χ1) is 8.22. The maximum absolute atomic E-state index is 12.5. The Morgan fingerprint density at radius 1 is 1.47 bits per heavy atom. The standard InChI is InChI=1S/C13H25N3O/c1-10-4-6-16(12(7-10)8-14)13(17)11-3-2-5-15-9-11/h10-12,15H,2-9,14H2,1H3. The molecule has 2 aliphatic rings. The van der Waals surface area contributed by atoms with Gasteiger partial charge in [-0.15, -0.1) is 0 Å². The number of piperidine rings is 2. The Balaban J connectivity index is 1.96. The van der Waals surface area contributed by atoms with E-state index >= 15 is 0 Å². The zero-order valence-electron chi connectivity index (χ0n) is 10.8. The van der Waals surface area contributed by atoms with Crippen LogP contribution >= 0.6 is 0 Å². The lowest BCUT2D eigenvalue weighted by atomic mass is 9.90. The van der Waals surface area contributed by atoms with Crippen molar-refractivity contribution in [1.29, 1.82) is 0 Å². The Labute approximate surface area is 104 Å². The zero-order valence-corrected chi connectivity index (χ0v) is 10.8.